The summed E-state index contributed by atoms with van der Waals surface area (Å²) < 4.78 is 6.28. The lowest BCUT2D eigenvalue weighted by Crippen LogP contribution is -1.93. The van der Waals surface area contributed by atoms with Crippen molar-refractivity contribution in [3.63, 3.8) is 0 Å². The molecule has 0 aliphatic carbocycles. The summed E-state index contributed by atoms with van der Waals surface area (Å²) in [5.41, 5.74) is 0.904. The molecular weight excluding hydrogens is 298 g/mol. The summed E-state index contributed by atoms with van der Waals surface area (Å²) in [5.74, 6) is 2.98. The maximum absolute atomic E-state index is 5.29. The minimum atomic E-state index is 0.788. The number of hydrogen-bond donors (Lipinski definition) is 1. The minimum Gasteiger partial charge on any atom is -0.495 e. The van der Waals surface area contributed by atoms with E-state index >= 15 is 0 Å². The predicted octanol–water partition coefficient (Wildman–Crippen LogP) is 3.75. The van der Waals surface area contributed by atoms with E-state index in [2.05, 4.69) is 21.8 Å². The van der Waals surface area contributed by atoms with Gasteiger partial charge in [-0.2, -0.15) is 11.8 Å². The number of para-hydroxylation sites is 2. The van der Waals surface area contributed by atoms with E-state index in [4.69, 9.17) is 4.74 Å². The number of anilines is 2. The normalized spacial score (nSPS) is 10.4. The molecule has 0 atom stereocenters. The van der Waals surface area contributed by atoms with E-state index in [1.807, 2.05) is 36.0 Å². The van der Waals surface area contributed by atoms with Crippen LogP contribution in [0.15, 0.2) is 28.6 Å². The fourth-order valence-electron chi connectivity index (χ4n) is 1.39. The zero-order chi connectivity index (χ0) is 13.5. The van der Waals surface area contributed by atoms with Gasteiger partial charge in [-0.3, -0.25) is 0 Å². The van der Waals surface area contributed by atoms with Crippen LogP contribution in [0, 0.1) is 0 Å². The Kier molecular flexibility index (Phi) is 5.81. The number of ether oxygens (including phenoxy) is 1. The number of nitrogens with zero attached hydrogens (tertiary/aromatic N) is 2. The van der Waals surface area contributed by atoms with Crippen LogP contribution in [0.5, 0.6) is 5.75 Å². The molecule has 0 unspecified atom stereocenters. The Bertz CT molecular complexity index is 518. The van der Waals surface area contributed by atoms with Gasteiger partial charge in [0.05, 0.1) is 12.8 Å². The second-order valence-electron chi connectivity index (χ2n) is 3.54. The van der Waals surface area contributed by atoms with Gasteiger partial charge in [-0.25, -0.2) is 0 Å². The molecular formula is C12H15N3OS3. The first kappa shape index (κ1) is 14.5. The summed E-state index contributed by atoms with van der Waals surface area (Å²) in [5, 5.41) is 12.3. The summed E-state index contributed by atoms with van der Waals surface area (Å²) in [6.07, 6.45) is 2.11. The SMILES string of the molecule is COc1ccccc1Nc1nnc(SCCSC)s1. The lowest BCUT2D eigenvalue weighted by molar-refractivity contribution is 0.417. The van der Waals surface area contributed by atoms with Crippen molar-refractivity contribution in [2.45, 2.75) is 4.34 Å². The molecule has 0 saturated heterocycles. The van der Waals surface area contributed by atoms with Gasteiger partial charge in [0.25, 0.3) is 0 Å². The Morgan fingerprint density at radius 3 is 2.89 bits per heavy atom. The van der Waals surface area contributed by atoms with Crippen molar-refractivity contribution in [2.75, 3.05) is 30.2 Å². The van der Waals surface area contributed by atoms with Gasteiger partial charge in [0, 0.05) is 11.5 Å². The Morgan fingerprint density at radius 2 is 2.11 bits per heavy atom. The van der Waals surface area contributed by atoms with E-state index in [9.17, 15) is 0 Å². The van der Waals surface area contributed by atoms with E-state index in [0.29, 0.717) is 0 Å². The second-order valence-corrected chi connectivity index (χ2v) is 6.84. The van der Waals surface area contributed by atoms with Crippen LogP contribution in [-0.4, -0.2) is 35.1 Å². The van der Waals surface area contributed by atoms with Gasteiger partial charge >= 0.3 is 0 Å². The van der Waals surface area contributed by atoms with Crippen molar-refractivity contribution in [1.29, 1.82) is 0 Å². The predicted molar refractivity (Wildman–Crippen MR) is 85.3 cm³/mol. The molecule has 102 valence electrons. The molecule has 1 N–H and O–H groups in total. The van der Waals surface area contributed by atoms with Crippen molar-refractivity contribution in [2.24, 2.45) is 0 Å². The van der Waals surface area contributed by atoms with Crippen molar-refractivity contribution in [1.82, 2.24) is 10.2 Å². The fraction of sp³-hybridized carbons (Fsp3) is 0.333. The van der Waals surface area contributed by atoms with Crippen molar-refractivity contribution in [3.8, 4) is 5.75 Å². The smallest absolute Gasteiger partial charge is 0.210 e. The van der Waals surface area contributed by atoms with Gasteiger partial charge in [0.2, 0.25) is 5.13 Å². The number of methoxy groups -OCH3 is 1. The molecule has 0 amide bonds. The Balaban J connectivity index is 1.99. The lowest BCUT2D eigenvalue weighted by Gasteiger charge is -2.07. The molecule has 0 bridgehead atoms. The van der Waals surface area contributed by atoms with Crippen LogP contribution in [0.2, 0.25) is 0 Å². The third kappa shape index (κ3) is 4.29. The van der Waals surface area contributed by atoms with E-state index in [0.717, 1.165) is 32.4 Å². The van der Waals surface area contributed by atoms with Gasteiger partial charge in [0.15, 0.2) is 4.34 Å². The Morgan fingerprint density at radius 1 is 1.26 bits per heavy atom. The number of benzene rings is 1. The molecule has 0 saturated carbocycles. The minimum absolute atomic E-state index is 0.788. The lowest BCUT2D eigenvalue weighted by atomic mass is 10.3. The fourth-order valence-corrected chi connectivity index (χ4v) is 3.88. The molecule has 0 fully saturated rings. The van der Waals surface area contributed by atoms with Crippen molar-refractivity contribution < 1.29 is 4.74 Å². The largest absolute Gasteiger partial charge is 0.495 e. The summed E-state index contributed by atoms with van der Waals surface area (Å²) in [6.45, 7) is 0. The van der Waals surface area contributed by atoms with Crippen LogP contribution >= 0.6 is 34.9 Å². The van der Waals surface area contributed by atoms with E-state index in [1.165, 1.54) is 0 Å². The molecule has 7 heteroatoms. The Labute approximate surface area is 125 Å². The van der Waals surface area contributed by atoms with E-state index < -0.39 is 0 Å². The van der Waals surface area contributed by atoms with E-state index in [-0.39, 0.29) is 0 Å². The van der Waals surface area contributed by atoms with Gasteiger partial charge in [0.1, 0.15) is 5.75 Å². The maximum Gasteiger partial charge on any atom is 0.210 e. The molecule has 1 aromatic carbocycles. The maximum atomic E-state index is 5.29. The molecule has 1 aromatic heterocycles. The number of aromatic nitrogens is 2. The van der Waals surface area contributed by atoms with E-state index in [1.54, 1.807) is 30.2 Å². The summed E-state index contributed by atoms with van der Waals surface area (Å²) >= 11 is 5.14. The molecule has 2 rings (SSSR count). The third-order valence-electron chi connectivity index (χ3n) is 2.27. The van der Waals surface area contributed by atoms with Crippen molar-refractivity contribution >= 4 is 45.7 Å². The third-order valence-corrected chi connectivity index (χ3v) is 5.11. The van der Waals surface area contributed by atoms with Crippen LogP contribution in [0.25, 0.3) is 0 Å². The van der Waals surface area contributed by atoms with Gasteiger partial charge in [-0.15, -0.1) is 10.2 Å². The molecule has 0 spiro atoms. The van der Waals surface area contributed by atoms with Crippen LogP contribution in [0.1, 0.15) is 0 Å². The second kappa shape index (κ2) is 7.62. The summed E-state index contributed by atoms with van der Waals surface area (Å²) in [7, 11) is 1.66. The standard InChI is InChI=1S/C12H15N3OS3/c1-16-10-6-4-3-5-9(10)13-11-14-15-12(19-11)18-8-7-17-2/h3-6H,7-8H2,1-2H3,(H,13,14). The highest BCUT2D eigenvalue weighted by molar-refractivity contribution is 8.03. The first-order valence-electron chi connectivity index (χ1n) is 5.68. The van der Waals surface area contributed by atoms with Crippen LogP contribution < -0.4 is 10.1 Å². The van der Waals surface area contributed by atoms with Gasteiger partial charge in [-0.05, 0) is 18.4 Å². The van der Waals surface area contributed by atoms with Crippen LogP contribution in [0.4, 0.5) is 10.8 Å². The van der Waals surface area contributed by atoms with Crippen LogP contribution in [0.3, 0.4) is 0 Å². The number of hydrogen-bond acceptors (Lipinski definition) is 7. The topological polar surface area (TPSA) is 47.0 Å². The van der Waals surface area contributed by atoms with Gasteiger partial charge in [-0.1, -0.05) is 35.2 Å². The summed E-state index contributed by atoms with van der Waals surface area (Å²) in [6, 6.07) is 7.77. The van der Waals surface area contributed by atoms with Crippen LogP contribution in [-0.2, 0) is 0 Å². The number of nitrogens with one attached hydrogen (secondary N) is 1. The highest BCUT2D eigenvalue weighted by Gasteiger charge is 2.07. The zero-order valence-electron chi connectivity index (χ0n) is 10.8. The molecule has 0 aliphatic heterocycles. The molecule has 19 heavy (non-hydrogen) atoms. The highest BCUT2D eigenvalue weighted by atomic mass is 32.2. The summed E-state index contributed by atoms with van der Waals surface area (Å²) in [4.78, 5) is 0. The molecule has 1 heterocycles. The monoisotopic (exact) mass is 313 g/mol. The molecule has 0 aliphatic rings. The molecule has 4 nitrogen and oxygen atoms in total. The number of rotatable bonds is 7. The zero-order valence-corrected chi connectivity index (χ0v) is 13.2. The average molecular weight is 313 g/mol. The highest BCUT2D eigenvalue weighted by Crippen LogP contribution is 2.31. The quantitative estimate of drug-likeness (QED) is 0.620. The van der Waals surface area contributed by atoms with Crippen molar-refractivity contribution in [3.05, 3.63) is 24.3 Å². The van der Waals surface area contributed by atoms with Gasteiger partial charge < -0.3 is 10.1 Å². The molecule has 2 aromatic rings. The first-order valence-corrected chi connectivity index (χ1v) is 8.88. The Hall–Kier alpha value is -0.920. The first-order chi connectivity index (χ1) is 9.33. The molecule has 0 radical (unpaired) electrons. The number of thioether (sulfide) groups is 2. The average Bonchev–Trinajstić information content (AvgIpc) is 2.87.